The summed E-state index contributed by atoms with van der Waals surface area (Å²) in [6.07, 6.45) is 5.72. The largest absolute Gasteiger partial charge is 0.493 e. The molecule has 34 heavy (non-hydrogen) atoms. The number of fused-ring (bicyclic) bond motifs is 1. The number of pyridine rings is 1. The van der Waals surface area contributed by atoms with Crippen molar-refractivity contribution in [2.45, 2.75) is 32.1 Å². The molecule has 4 aromatic rings. The van der Waals surface area contributed by atoms with Gasteiger partial charge in [0.05, 0.1) is 19.7 Å². The van der Waals surface area contributed by atoms with Gasteiger partial charge < -0.3 is 14.2 Å². The molecule has 0 saturated carbocycles. The first-order valence-corrected chi connectivity index (χ1v) is 11.5. The second kappa shape index (κ2) is 11.3. The van der Waals surface area contributed by atoms with E-state index in [0.717, 1.165) is 35.7 Å². The van der Waals surface area contributed by atoms with Crippen molar-refractivity contribution in [1.29, 1.82) is 0 Å². The van der Waals surface area contributed by atoms with E-state index in [4.69, 9.17) is 14.2 Å². The summed E-state index contributed by atoms with van der Waals surface area (Å²) in [5, 5.41) is 0.829. The zero-order valence-corrected chi connectivity index (χ0v) is 19.6. The third kappa shape index (κ3) is 5.93. The number of ketones is 1. The van der Waals surface area contributed by atoms with Gasteiger partial charge in [-0.05, 0) is 54.7 Å². The highest BCUT2D eigenvalue weighted by molar-refractivity contribution is 5.88. The third-order valence-electron chi connectivity index (χ3n) is 5.77. The van der Waals surface area contributed by atoms with Crippen LogP contribution >= 0.6 is 0 Å². The number of aromatic nitrogens is 1. The number of carbonyl (C=O) groups excluding carboxylic acids is 1. The molecular formula is C29H29NO4. The van der Waals surface area contributed by atoms with Crippen molar-refractivity contribution >= 4 is 16.7 Å². The highest BCUT2D eigenvalue weighted by Gasteiger charge is 2.12. The number of ether oxygens (including phenoxy) is 3. The molecule has 5 nitrogen and oxygen atoms in total. The number of nitrogens with zero attached hydrogens (tertiary/aromatic N) is 1. The van der Waals surface area contributed by atoms with Gasteiger partial charge in [0.25, 0.3) is 0 Å². The van der Waals surface area contributed by atoms with Crippen LogP contribution in [0, 0.1) is 0 Å². The van der Waals surface area contributed by atoms with Gasteiger partial charge in [-0.25, -0.2) is 0 Å². The van der Waals surface area contributed by atoms with Crippen LogP contribution in [0.3, 0.4) is 0 Å². The molecule has 0 fully saturated rings. The van der Waals surface area contributed by atoms with Gasteiger partial charge >= 0.3 is 0 Å². The average molecular weight is 456 g/mol. The molecule has 0 amide bonds. The zero-order valence-electron chi connectivity index (χ0n) is 19.6. The monoisotopic (exact) mass is 455 g/mol. The molecule has 4 rings (SSSR count). The lowest BCUT2D eigenvalue weighted by Crippen LogP contribution is -2.02. The first-order valence-electron chi connectivity index (χ1n) is 11.5. The Kier molecular flexibility index (Phi) is 7.76. The molecular weight excluding hydrogens is 426 g/mol. The van der Waals surface area contributed by atoms with Crippen LogP contribution in [0.5, 0.6) is 23.0 Å². The summed E-state index contributed by atoms with van der Waals surface area (Å²) in [5.74, 6) is 2.87. The van der Waals surface area contributed by atoms with Crippen molar-refractivity contribution in [2.75, 3.05) is 14.2 Å². The van der Waals surface area contributed by atoms with Crippen molar-refractivity contribution in [3.8, 4) is 23.0 Å². The highest BCUT2D eigenvalue weighted by Crippen LogP contribution is 2.36. The number of carbonyl (C=O) groups is 1. The second-order valence-electron chi connectivity index (χ2n) is 8.19. The van der Waals surface area contributed by atoms with E-state index in [-0.39, 0.29) is 5.78 Å². The van der Waals surface area contributed by atoms with Crippen molar-refractivity contribution in [3.05, 3.63) is 90.1 Å². The molecule has 1 heterocycles. The lowest BCUT2D eigenvalue weighted by atomic mass is 10.0. The van der Waals surface area contributed by atoms with Crippen molar-refractivity contribution in [2.24, 2.45) is 0 Å². The van der Waals surface area contributed by atoms with Crippen molar-refractivity contribution in [1.82, 2.24) is 4.98 Å². The maximum atomic E-state index is 12.4. The number of rotatable bonds is 11. The van der Waals surface area contributed by atoms with E-state index in [0.29, 0.717) is 35.8 Å². The zero-order chi connectivity index (χ0) is 23.8. The maximum absolute atomic E-state index is 12.4. The minimum Gasteiger partial charge on any atom is -0.493 e. The maximum Gasteiger partial charge on any atom is 0.162 e. The Bertz CT molecular complexity index is 1240. The van der Waals surface area contributed by atoms with Crippen LogP contribution in [0.2, 0.25) is 0 Å². The van der Waals surface area contributed by atoms with Crippen LogP contribution in [0.4, 0.5) is 0 Å². The van der Waals surface area contributed by atoms with E-state index >= 15 is 0 Å². The quantitative estimate of drug-likeness (QED) is 0.239. The molecule has 0 N–H and O–H groups in total. The van der Waals surface area contributed by atoms with Crippen molar-refractivity contribution < 1.29 is 19.0 Å². The van der Waals surface area contributed by atoms with E-state index in [1.807, 2.05) is 48.5 Å². The summed E-state index contributed by atoms with van der Waals surface area (Å²) in [6, 6.07) is 23.6. The Morgan fingerprint density at radius 3 is 2.26 bits per heavy atom. The van der Waals surface area contributed by atoms with Gasteiger partial charge in [0, 0.05) is 30.5 Å². The van der Waals surface area contributed by atoms with Gasteiger partial charge in [-0.2, -0.15) is 0 Å². The number of hydrogen-bond donors (Lipinski definition) is 0. The molecule has 0 spiro atoms. The summed E-state index contributed by atoms with van der Waals surface area (Å²) in [6.45, 7) is 0. The van der Waals surface area contributed by atoms with Crippen molar-refractivity contribution in [3.63, 3.8) is 0 Å². The van der Waals surface area contributed by atoms with Crippen LogP contribution in [0.25, 0.3) is 10.9 Å². The standard InChI is InChI=1S/C29H29NO4/c1-32-28-19-25-26(20-29(28)33-2)30-17-16-27(25)34-24-14-12-22(13-15-24)18-23(31)11-7-6-10-21-8-4-3-5-9-21/h3-5,8-9,12-17,19-20H,6-7,10-11,18H2,1-2H3. The summed E-state index contributed by atoms with van der Waals surface area (Å²) in [4.78, 5) is 16.8. The first kappa shape index (κ1) is 23.3. The van der Waals surface area contributed by atoms with Gasteiger partial charge in [0.1, 0.15) is 17.3 Å². The summed E-state index contributed by atoms with van der Waals surface area (Å²) < 4.78 is 16.9. The van der Waals surface area contributed by atoms with E-state index in [9.17, 15) is 4.79 Å². The summed E-state index contributed by atoms with van der Waals surface area (Å²) >= 11 is 0. The van der Waals surface area contributed by atoms with Crippen LogP contribution in [-0.2, 0) is 17.6 Å². The predicted octanol–water partition coefficient (Wildman–Crippen LogP) is 6.57. The normalized spacial score (nSPS) is 10.8. The molecule has 0 aliphatic carbocycles. The fourth-order valence-corrected chi connectivity index (χ4v) is 3.95. The van der Waals surface area contributed by atoms with Gasteiger partial charge in [0.15, 0.2) is 11.5 Å². The molecule has 0 saturated heterocycles. The Labute approximate surface area is 200 Å². The molecule has 1 aromatic heterocycles. The third-order valence-corrected chi connectivity index (χ3v) is 5.77. The molecule has 0 unspecified atom stereocenters. The van der Waals surface area contributed by atoms with Crippen LogP contribution in [0.1, 0.15) is 30.4 Å². The number of methoxy groups -OCH3 is 2. The minimum atomic E-state index is 0.267. The summed E-state index contributed by atoms with van der Waals surface area (Å²) in [7, 11) is 3.20. The number of benzene rings is 3. The number of unbranched alkanes of at least 4 members (excludes halogenated alkanes) is 1. The smallest absolute Gasteiger partial charge is 0.162 e. The highest BCUT2D eigenvalue weighted by atomic mass is 16.5. The van der Waals surface area contributed by atoms with Gasteiger partial charge in [-0.15, -0.1) is 0 Å². The molecule has 0 aliphatic heterocycles. The lowest BCUT2D eigenvalue weighted by molar-refractivity contribution is -0.118. The molecule has 5 heteroatoms. The Morgan fingerprint density at radius 2 is 1.53 bits per heavy atom. The second-order valence-corrected chi connectivity index (χ2v) is 8.19. The lowest BCUT2D eigenvalue weighted by Gasteiger charge is -2.12. The van der Waals surface area contributed by atoms with E-state index < -0.39 is 0 Å². The van der Waals surface area contributed by atoms with Crippen LogP contribution in [-0.4, -0.2) is 25.0 Å². The first-order chi connectivity index (χ1) is 16.7. The Balaban J connectivity index is 1.34. The van der Waals surface area contributed by atoms with E-state index in [1.54, 1.807) is 20.4 Å². The van der Waals surface area contributed by atoms with Gasteiger partial charge in [-0.3, -0.25) is 9.78 Å². The fourth-order valence-electron chi connectivity index (χ4n) is 3.95. The predicted molar refractivity (Wildman–Crippen MR) is 134 cm³/mol. The average Bonchev–Trinajstić information content (AvgIpc) is 2.88. The van der Waals surface area contributed by atoms with Gasteiger partial charge in [0.2, 0.25) is 0 Å². The Morgan fingerprint density at radius 1 is 0.794 bits per heavy atom. The number of hydrogen-bond acceptors (Lipinski definition) is 5. The topological polar surface area (TPSA) is 57.7 Å². The summed E-state index contributed by atoms with van der Waals surface area (Å²) in [5.41, 5.74) is 3.07. The van der Waals surface area contributed by atoms with Crippen LogP contribution < -0.4 is 14.2 Å². The minimum absolute atomic E-state index is 0.267. The molecule has 3 aromatic carbocycles. The SMILES string of the molecule is COc1cc2nccc(Oc3ccc(CC(=O)CCCCc4ccccc4)cc3)c2cc1OC. The van der Waals surface area contributed by atoms with Crippen LogP contribution in [0.15, 0.2) is 79.0 Å². The molecule has 174 valence electrons. The number of Topliss-reactive ketones (excluding diaryl/α,β-unsaturated/α-hetero) is 1. The molecule has 0 bridgehead atoms. The number of aryl methyl sites for hydroxylation is 1. The van der Waals surface area contributed by atoms with Gasteiger partial charge in [-0.1, -0.05) is 42.5 Å². The molecule has 0 atom stereocenters. The van der Waals surface area contributed by atoms with E-state index in [1.165, 1.54) is 5.56 Å². The molecule has 0 aliphatic rings. The Hall–Kier alpha value is -3.86. The fraction of sp³-hybridized carbons (Fsp3) is 0.241. The van der Waals surface area contributed by atoms with E-state index in [2.05, 4.69) is 29.2 Å². The molecule has 0 radical (unpaired) electrons.